The number of rotatable bonds is 28. The molecule has 1 heterocycles. The molecule has 6 rings (SSSR count). The van der Waals surface area contributed by atoms with Crippen LogP contribution in [0.1, 0.15) is 215 Å². The molecule has 5 N–H and O–H groups in total. The number of ether oxygens (including phenoxy) is 1. The largest absolute Gasteiger partial charge is 0.508 e. The molecule has 0 saturated carbocycles. The third kappa shape index (κ3) is 20.5. The number of hydrazine groups is 1. The molecule has 1 fully saturated rings. The molecule has 3 amide bonds. The van der Waals surface area contributed by atoms with Crippen molar-refractivity contribution < 1.29 is 29.3 Å². The number of amides is 3. The maximum Gasteiger partial charge on any atom is 0.267 e. The zero-order chi connectivity index (χ0) is 63.7. The van der Waals surface area contributed by atoms with Crippen molar-refractivity contribution in [1.29, 1.82) is 0 Å². The van der Waals surface area contributed by atoms with E-state index in [0.29, 0.717) is 56.2 Å². The van der Waals surface area contributed by atoms with Gasteiger partial charge in [0.05, 0.1) is 26.4 Å². The van der Waals surface area contributed by atoms with Crippen molar-refractivity contribution in [3.8, 4) is 17.2 Å². The zero-order valence-electron chi connectivity index (χ0n) is 53.4. The molecule has 0 aromatic heterocycles. The van der Waals surface area contributed by atoms with Crippen LogP contribution in [-0.2, 0) is 30.6 Å². The lowest BCUT2D eigenvalue weighted by Crippen LogP contribution is -2.36. The SMILES string of the molecule is CCCCCCCCCCCCCC(=O)Nc1ccc(Cl)c(N=C2NN(c3c(Cl)cc(Cl)cc3Cl)C(=O)C2Sc2ccccc2NC(=O)C(CC)Oc2ccc(C(C)(C)CC)cc2C(C)(C)CC)c1.Cc1cc(O)c(C(C)(C)CC(C)(C)C)cc1O. The molecule has 11 nitrogen and oxygen atoms in total. The van der Waals surface area contributed by atoms with Crippen LogP contribution in [0.25, 0.3) is 0 Å². The summed E-state index contributed by atoms with van der Waals surface area (Å²) in [4.78, 5) is 47.4. The highest BCUT2D eigenvalue weighted by Crippen LogP contribution is 2.45. The third-order valence-corrected chi connectivity index (χ3v) is 18.6. The van der Waals surface area contributed by atoms with Crippen molar-refractivity contribution >= 4 is 104 Å². The van der Waals surface area contributed by atoms with Crippen LogP contribution in [0.4, 0.5) is 22.7 Å². The Morgan fingerprint density at radius 2 is 1.29 bits per heavy atom. The molecule has 0 aliphatic carbocycles. The summed E-state index contributed by atoms with van der Waals surface area (Å²) in [6.45, 7) is 29.9. The number of unbranched alkanes of at least 4 members (excludes halogenated alkanes) is 10. The Kier molecular flexibility index (Phi) is 27.0. The molecule has 0 spiro atoms. The van der Waals surface area contributed by atoms with E-state index in [1.165, 1.54) is 85.8 Å². The molecule has 2 atom stereocenters. The fourth-order valence-corrected chi connectivity index (χ4v) is 12.9. The number of para-hydroxylation sites is 1. The second-order valence-corrected chi connectivity index (χ2v) is 28.8. The predicted octanol–water partition coefficient (Wildman–Crippen LogP) is 21.0. The number of aromatic hydroxyl groups is 2. The summed E-state index contributed by atoms with van der Waals surface area (Å²) in [5.74, 6) is 0.556. The van der Waals surface area contributed by atoms with Crippen LogP contribution in [0.5, 0.6) is 17.2 Å². The molecule has 1 aliphatic rings. The van der Waals surface area contributed by atoms with Gasteiger partial charge in [-0.15, -0.1) is 11.8 Å². The number of amidine groups is 1. The number of thioether (sulfide) groups is 1. The maximum atomic E-state index is 14.6. The Morgan fingerprint density at radius 1 is 0.686 bits per heavy atom. The first-order valence-electron chi connectivity index (χ1n) is 30.8. The van der Waals surface area contributed by atoms with Crippen molar-refractivity contribution in [2.45, 2.75) is 232 Å². The number of aliphatic imine (C=N–C) groups is 1. The first-order chi connectivity index (χ1) is 40.4. The number of carbonyl (C=O) groups is 3. The van der Waals surface area contributed by atoms with E-state index in [4.69, 9.17) is 56.1 Å². The summed E-state index contributed by atoms with van der Waals surface area (Å²) in [5.41, 5.74) is 8.25. The van der Waals surface area contributed by atoms with Crippen molar-refractivity contribution in [1.82, 2.24) is 5.43 Å². The summed E-state index contributed by atoms with van der Waals surface area (Å²) < 4.78 is 6.60. The van der Waals surface area contributed by atoms with Gasteiger partial charge in [0.2, 0.25) is 5.91 Å². The van der Waals surface area contributed by atoms with Gasteiger partial charge in [-0.2, -0.15) is 0 Å². The molecule has 16 heteroatoms. The number of carbonyl (C=O) groups excluding carboxylic acids is 3. The van der Waals surface area contributed by atoms with Crippen LogP contribution in [-0.4, -0.2) is 45.1 Å². The molecule has 470 valence electrons. The van der Waals surface area contributed by atoms with Gasteiger partial charge in [-0.3, -0.25) is 19.8 Å². The van der Waals surface area contributed by atoms with Crippen LogP contribution in [0.3, 0.4) is 0 Å². The fraction of sp³-hybridized carbons (Fsp3) is 0.514. The first-order valence-corrected chi connectivity index (χ1v) is 33.2. The van der Waals surface area contributed by atoms with Crippen molar-refractivity contribution in [2.24, 2.45) is 10.4 Å². The van der Waals surface area contributed by atoms with Crippen molar-refractivity contribution in [3.63, 3.8) is 0 Å². The Balaban J connectivity index is 0.000000681. The Labute approximate surface area is 538 Å². The second-order valence-electron chi connectivity index (χ2n) is 26.0. The average Bonchev–Trinajstić information content (AvgIpc) is 1.72. The van der Waals surface area contributed by atoms with E-state index >= 15 is 0 Å². The highest BCUT2D eigenvalue weighted by molar-refractivity contribution is 8.01. The zero-order valence-corrected chi connectivity index (χ0v) is 57.2. The minimum absolute atomic E-state index is 0.0232. The summed E-state index contributed by atoms with van der Waals surface area (Å²) in [6.07, 6.45) is 16.0. The monoisotopic (exact) mass is 1270 g/mol. The number of benzene rings is 5. The van der Waals surface area contributed by atoms with Gasteiger partial charge >= 0.3 is 0 Å². The molecule has 0 bridgehead atoms. The number of phenols is 2. The van der Waals surface area contributed by atoms with Crippen molar-refractivity contribution in [2.75, 3.05) is 15.6 Å². The van der Waals surface area contributed by atoms with Gasteiger partial charge in [0, 0.05) is 33.2 Å². The standard InChI is InChI=1S/C55H71Cl4N5O4S.C15H24O2/c1-9-13-14-15-16-17-18-19-20-21-22-27-48(65)60-38-29-30-40(57)44(35-38)61-51-50(53(67)64(63-51)49-41(58)33-37(56)34-42(49)59)69-47-26-24-23-25-43(47)62-52(66)45(10-2)68-46-31-28-36(54(5,6)11-3)32-39(46)55(7,8)12-4;1-10-7-13(17)11(8-12(10)16)15(5,6)9-14(2,3)4/h23-26,28-35,45,50H,9-22,27H2,1-8H3,(H,60,65)(H,61,63)(H,62,66);7-8,16-17H,9H2,1-6H3. The summed E-state index contributed by atoms with van der Waals surface area (Å²) in [6, 6.07) is 25.0. The Bertz CT molecular complexity index is 3120. The minimum atomic E-state index is -0.996. The molecule has 2 unspecified atom stereocenters. The van der Waals surface area contributed by atoms with E-state index in [1.807, 2.05) is 31.2 Å². The molecule has 1 aliphatic heterocycles. The molecule has 5 aromatic carbocycles. The number of aryl methyl sites for hydroxylation is 1. The Morgan fingerprint density at radius 3 is 1.88 bits per heavy atom. The van der Waals surface area contributed by atoms with E-state index in [9.17, 15) is 24.6 Å². The van der Waals surface area contributed by atoms with Gasteiger partial charge in [-0.25, -0.2) is 10.0 Å². The molecule has 1 saturated heterocycles. The van der Waals surface area contributed by atoms with Crippen molar-refractivity contribution in [3.05, 3.63) is 127 Å². The summed E-state index contributed by atoms with van der Waals surface area (Å²) >= 11 is 27.6. The highest BCUT2D eigenvalue weighted by atomic mass is 35.5. The van der Waals surface area contributed by atoms with Crippen LogP contribution >= 0.6 is 58.2 Å². The summed E-state index contributed by atoms with van der Waals surface area (Å²) in [7, 11) is 0. The molecule has 86 heavy (non-hydrogen) atoms. The lowest BCUT2D eigenvalue weighted by molar-refractivity contribution is -0.123. The quantitative estimate of drug-likeness (QED) is 0.0245. The molecular formula is C70H95Cl4N5O6S. The van der Waals surface area contributed by atoms with E-state index < -0.39 is 17.3 Å². The van der Waals surface area contributed by atoms with Crippen LogP contribution < -0.4 is 25.8 Å². The molecule has 5 aromatic rings. The number of phenolic OH excluding ortho intramolecular Hbond substituents is 2. The molecular weight excluding hydrogens is 1180 g/mol. The van der Waals surface area contributed by atoms with E-state index in [-0.39, 0.29) is 66.5 Å². The maximum absolute atomic E-state index is 14.6. The number of hydrogen-bond donors (Lipinski definition) is 5. The van der Waals surface area contributed by atoms with Gasteiger partial charge in [0.25, 0.3) is 11.8 Å². The number of nitrogens with one attached hydrogen (secondary N) is 3. The predicted molar refractivity (Wildman–Crippen MR) is 364 cm³/mol. The number of nitrogens with zero attached hydrogens (tertiary/aromatic N) is 2. The third-order valence-electron chi connectivity index (χ3n) is 16.2. The van der Waals surface area contributed by atoms with E-state index in [2.05, 4.69) is 111 Å². The average molecular weight is 1280 g/mol. The van der Waals surface area contributed by atoms with E-state index in [0.717, 1.165) is 49.7 Å². The fourth-order valence-electron chi connectivity index (χ4n) is 10.7. The minimum Gasteiger partial charge on any atom is -0.508 e. The van der Waals surface area contributed by atoms with Crippen LogP contribution in [0.15, 0.2) is 94.8 Å². The number of halogens is 4. The van der Waals surface area contributed by atoms with Gasteiger partial charge in [-0.1, -0.05) is 225 Å². The van der Waals surface area contributed by atoms with Gasteiger partial charge in [-0.05, 0) is 132 Å². The number of hydrogen-bond acceptors (Lipinski definition) is 8. The van der Waals surface area contributed by atoms with E-state index in [1.54, 1.807) is 43.3 Å². The van der Waals surface area contributed by atoms with Gasteiger partial charge in [0.15, 0.2) is 6.10 Å². The number of anilines is 3. The van der Waals surface area contributed by atoms with Gasteiger partial charge < -0.3 is 25.6 Å². The molecule has 0 radical (unpaired) electrons. The first kappa shape index (κ1) is 71.6. The normalized spacial score (nSPS) is 14.6. The Hall–Kier alpha value is -5.11. The lowest BCUT2D eigenvalue weighted by Gasteiger charge is -2.33. The summed E-state index contributed by atoms with van der Waals surface area (Å²) in [5, 5.41) is 27.1. The van der Waals surface area contributed by atoms with Crippen LogP contribution in [0, 0.1) is 12.3 Å². The topological polar surface area (TPSA) is 153 Å². The smallest absolute Gasteiger partial charge is 0.267 e. The van der Waals surface area contributed by atoms with Gasteiger partial charge in [0.1, 0.15) is 34.0 Å². The van der Waals surface area contributed by atoms with Crippen LogP contribution in [0.2, 0.25) is 20.1 Å². The lowest BCUT2D eigenvalue weighted by atomic mass is 9.72. The highest BCUT2D eigenvalue weighted by Gasteiger charge is 2.42. The second kappa shape index (κ2) is 32.4.